The Morgan fingerprint density at radius 3 is 2.00 bits per heavy atom. The van der Waals surface area contributed by atoms with Crippen molar-refractivity contribution in [2.75, 3.05) is 0 Å². The normalized spacial score (nSPS) is 13.6. The topological polar surface area (TPSA) is 25.8 Å². The SMILES string of the molecule is Cc1ccc2c(-c3cncnc3)c3ccccc3c(-c3cccc4c3-c3ccccc3C4(C)C)c2c1. The van der Waals surface area contributed by atoms with Crippen LogP contribution < -0.4 is 0 Å². The summed E-state index contributed by atoms with van der Waals surface area (Å²) < 4.78 is 0. The average Bonchev–Trinajstić information content (AvgIpc) is 3.15. The van der Waals surface area contributed by atoms with Gasteiger partial charge in [0.15, 0.2) is 0 Å². The second-order valence-corrected chi connectivity index (χ2v) is 10.4. The van der Waals surface area contributed by atoms with Crippen LogP contribution in [0.1, 0.15) is 30.5 Å². The Kier molecular flexibility index (Phi) is 4.44. The van der Waals surface area contributed by atoms with Gasteiger partial charge in [0.05, 0.1) is 0 Å². The Morgan fingerprint density at radius 1 is 0.556 bits per heavy atom. The van der Waals surface area contributed by atoms with Crippen molar-refractivity contribution < 1.29 is 0 Å². The van der Waals surface area contributed by atoms with E-state index in [1.165, 1.54) is 66.1 Å². The summed E-state index contributed by atoms with van der Waals surface area (Å²) in [5, 5.41) is 4.97. The second-order valence-electron chi connectivity index (χ2n) is 10.4. The predicted octanol–water partition coefficient (Wildman–Crippen LogP) is 8.73. The molecular formula is C34H26N2. The fourth-order valence-electron chi connectivity index (χ4n) is 6.28. The first-order valence-electron chi connectivity index (χ1n) is 12.5. The number of fused-ring (bicyclic) bond motifs is 5. The van der Waals surface area contributed by atoms with Crippen LogP contribution >= 0.6 is 0 Å². The number of hydrogen-bond acceptors (Lipinski definition) is 2. The van der Waals surface area contributed by atoms with E-state index in [4.69, 9.17) is 0 Å². The predicted molar refractivity (Wildman–Crippen MR) is 150 cm³/mol. The van der Waals surface area contributed by atoms with E-state index in [9.17, 15) is 0 Å². The van der Waals surface area contributed by atoms with Crippen LogP contribution in [0.4, 0.5) is 0 Å². The lowest BCUT2D eigenvalue weighted by molar-refractivity contribution is 0.660. The van der Waals surface area contributed by atoms with Crippen molar-refractivity contribution in [1.29, 1.82) is 0 Å². The number of hydrogen-bond donors (Lipinski definition) is 0. The molecule has 0 radical (unpaired) electrons. The first-order valence-corrected chi connectivity index (χ1v) is 12.5. The molecular weight excluding hydrogens is 436 g/mol. The molecule has 1 aliphatic carbocycles. The van der Waals surface area contributed by atoms with Gasteiger partial charge in [0.2, 0.25) is 0 Å². The maximum absolute atomic E-state index is 4.35. The minimum Gasteiger partial charge on any atom is -0.244 e. The highest BCUT2D eigenvalue weighted by Crippen LogP contribution is 2.54. The van der Waals surface area contributed by atoms with Crippen molar-refractivity contribution >= 4 is 21.5 Å². The Balaban J connectivity index is 1.69. The van der Waals surface area contributed by atoms with E-state index in [0.717, 1.165) is 5.56 Å². The average molecular weight is 463 g/mol. The van der Waals surface area contributed by atoms with Gasteiger partial charge < -0.3 is 0 Å². The summed E-state index contributed by atoms with van der Waals surface area (Å²) >= 11 is 0. The van der Waals surface area contributed by atoms with Gasteiger partial charge in [-0.2, -0.15) is 0 Å². The summed E-state index contributed by atoms with van der Waals surface area (Å²) in [6.45, 7) is 6.87. The Morgan fingerprint density at radius 2 is 1.19 bits per heavy atom. The summed E-state index contributed by atoms with van der Waals surface area (Å²) in [5.41, 5.74) is 11.6. The van der Waals surface area contributed by atoms with Crippen LogP contribution in [-0.4, -0.2) is 9.97 Å². The number of aryl methyl sites for hydroxylation is 1. The molecule has 7 rings (SSSR count). The van der Waals surface area contributed by atoms with Gasteiger partial charge in [-0.15, -0.1) is 0 Å². The van der Waals surface area contributed by atoms with Crippen molar-refractivity contribution in [2.24, 2.45) is 0 Å². The highest BCUT2D eigenvalue weighted by Gasteiger charge is 2.37. The third-order valence-electron chi connectivity index (χ3n) is 7.91. The maximum Gasteiger partial charge on any atom is 0.115 e. The number of aromatic nitrogens is 2. The number of benzene rings is 5. The Hall–Kier alpha value is -4.30. The van der Waals surface area contributed by atoms with Gasteiger partial charge in [-0.1, -0.05) is 104 Å². The Labute approximate surface area is 211 Å². The van der Waals surface area contributed by atoms with Gasteiger partial charge in [-0.3, -0.25) is 0 Å². The molecule has 1 aromatic heterocycles. The molecule has 5 aromatic carbocycles. The molecule has 1 heterocycles. The Bertz CT molecular complexity index is 1810. The van der Waals surface area contributed by atoms with E-state index in [1.807, 2.05) is 12.4 Å². The lowest BCUT2D eigenvalue weighted by Crippen LogP contribution is -2.14. The van der Waals surface area contributed by atoms with Crippen molar-refractivity contribution in [3.63, 3.8) is 0 Å². The molecule has 36 heavy (non-hydrogen) atoms. The molecule has 0 bridgehead atoms. The first-order chi connectivity index (χ1) is 17.6. The molecule has 1 aliphatic rings. The molecule has 0 unspecified atom stereocenters. The molecule has 0 fully saturated rings. The van der Waals surface area contributed by atoms with Gasteiger partial charge in [0.25, 0.3) is 0 Å². The van der Waals surface area contributed by atoms with Gasteiger partial charge >= 0.3 is 0 Å². The van der Waals surface area contributed by atoms with Gasteiger partial charge in [0.1, 0.15) is 6.33 Å². The monoisotopic (exact) mass is 462 g/mol. The van der Waals surface area contributed by atoms with E-state index >= 15 is 0 Å². The molecule has 2 heteroatoms. The van der Waals surface area contributed by atoms with E-state index in [1.54, 1.807) is 6.33 Å². The summed E-state index contributed by atoms with van der Waals surface area (Å²) in [6, 6.07) is 31.4. The van der Waals surface area contributed by atoms with Gasteiger partial charge in [-0.05, 0) is 61.8 Å². The molecule has 0 atom stereocenters. The van der Waals surface area contributed by atoms with Gasteiger partial charge in [0, 0.05) is 28.9 Å². The quantitative estimate of drug-likeness (QED) is 0.240. The van der Waals surface area contributed by atoms with E-state index in [2.05, 4.69) is 116 Å². The molecule has 0 aliphatic heterocycles. The van der Waals surface area contributed by atoms with E-state index < -0.39 is 0 Å². The van der Waals surface area contributed by atoms with Crippen molar-refractivity contribution in [3.05, 3.63) is 120 Å². The van der Waals surface area contributed by atoms with Crippen molar-refractivity contribution in [3.8, 4) is 33.4 Å². The molecule has 2 nitrogen and oxygen atoms in total. The molecule has 0 spiro atoms. The van der Waals surface area contributed by atoms with Gasteiger partial charge in [-0.25, -0.2) is 9.97 Å². The number of nitrogens with zero attached hydrogens (tertiary/aromatic N) is 2. The van der Waals surface area contributed by atoms with Crippen molar-refractivity contribution in [2.45, 2.75) is 26.2 Å². The van der Waals surface area contributed by atoms with E-state index in [-0.39, 0.29) is 5.41 Å². The first kappa shape index (κ1) is 21.0. The zero-order valence-corrected chi connectivity index (χ0v) is 20.7. The minimum absolute atomic E-state index is 0.0369. The molecule has 0 saturated heterocycles. The van der Waals surface area contributed by atoms with Crippen LogP contribution in [0.2, 0.25) is 0 Å². The third kappa shape index (κ3) is 2.85. The largest absolute Gasteiger partial charge is 0.244 e. The molecule has 0 N–H and O–H groups in total. The summed E-state index contributed by atoms with van der Waals surface area (Å²) in [5.74, 6) is 0. The lowest BCUT2D eigenvalue weighted by Gasteiger charge is -2.22. The minimum atomic E-state index is -0.0369. The second kappa shape index (κ2) is 7.60. The summed E-state index contributed by atoms with van der Waals surface area (Å²) in [4.78, 5) is 8.70. The zero-order chi connectivity index (χ0) is 24.4. The van der Waals surface area contributed by atoms with E-state index in [0.29, 0.717) is 0 Å². The van der Waals surface area contributed by atoms with Crippen LogP contribution in [0, 0.1) is 6.92 Å². The fraction of sp³-hybridized carbons (Fsp3) is 0.118. The molecule has 6 aromatic rings. The number of rotatable bonds is 2. The fourth-order valence-corrected chi connectivity index (χ4v) is 6.28. The zero-order valence-electron chi connectivity index (χ0n) is 20.7. The van der Waals surface area contributed by atoms with Crippen LogP contribution in [0.3, 0.4) is 0 Å². The van der Waals surface area contributed by atoms with Crippen LogP contribution in [0.25, 0.3) is 54.9 Å². The lowest BCUT2D eigenvalue weighted by atomic mass is 9.80. The molecule has 0 saturated carbocycles. The molecule has 172 valence electrons. The summed E-state index contributed by atoms with van der Waals surface area (Å²) in [7, 11) is 0. The van der Waals surface area contributed by atoms with Crippen LogP contribution in [-0.2, 0) is 5.41 Å². The van der Waals surface area contributed by atoms with Crippen LogP contribution in [0.15, 0.2) is 104 Å². The van der Waals surface area contributed by atoms with Crippen LogP contribution in [0.5, 0.6) is 0 Å². The third-order valence-corrected chi connectivity index (χ3v) is 7.91. The molecule has 0 amide bonds. The maximum atomic E-state index is 4.35. The standard InChI is InChI=1S/C34H26N2/c1-21-15-16-25-28(17-21)32(24-10-5-4-9-23(24)31(25)22-18-35-20-36-19-22)27-12-8-14-30-33(27)26-11-6-7-13-29(26)34(30,2)3/h4-20H,1-3H3. The smallest absolute Gasteiger partial charge is 0.115 e. The van der Waals surface area contributed by atoms with Crippen molar-refractivity contribution in [1.82, 2.24) is 9.97 Å². The highest BCUT2D eigenvalue weighted by atomic mass is 14.8. The summed E-state index contributed by atoms with van der Waals surface area (Å²) in [6.07, 6.45) is 5.44. The highest BCUT2D eigenvalue weighted by molar-refractivity contribution is 6.22.